The largest absolute Gasteiger partial charge is 0.288 e. The molecule has 3 rings (SSSR count). The van der Waals surface area contributed by atoms with Gasteiger partial charge in [-0.15, -0.1) is 10.2 Å². The van der Waals surface area contributed by atoms with Gasteiger partial charge in [0.05, 0.1) is 11.1 Å². The molecule has 0 bridgehead atoms. The fraction of sp³-hybridized carbons (Fsp3) is 0. The first kappa shape index (κ1) is 10.9. The number of amides is 1. The zero-order chi connectivity index (χ0) is 12.7. The Balaban J connectivity index is 2.47. The van der Waals surface area contributed by atoms with Crippen LogP contribution < -0.4 is 5.48 Å². The van der Waals surface area contributed by atoms with Gasteiger partial charge < -0.3 is 0 Å². The summed E-state index contributed by atoms with van der Waals surface area (Å²) in [5.74, 6) is -0.644. The third-order valence-corrected chi connectivity index (χ3v) is 2.92. The quantitative estimate of drug-likeness (QED) is 0.516. The molecule has 0 aliphatic carbocycles. The van der Waals surface area contributed by atoms with E-state index < -0.39 is 5.91 Å². The van der Waals surface area contributed by atoms with E-state index in [9.17, 15) is 4.79 Å². The second kappa shape index (κ2) is 3.94. The molecule has 2 aromatic heterocycles. The van der Waals surface area contributed by atoms with Gasteiger partial charge >= 0.3 is 0 Å². The number of rotatable bonds is 1. The highest BCUT2D eigenvalue weighted by Gasteiger charge is 2.14. The van der Waals surface area contributed by atoms with E-state index in [1.54, 1.807) is 28.1 Å². The van der Waals surface area contributed by atoms with Gasteiger partial charge in [0, 0.05) is 10.4 Å². The highest BCUT2D eigenvalue weighted by atomic mass is 35.5. The maximum atomic E-state index is 11.6. The number of fused-ring (bicyclic) bond motifs is 3. The van der Waals surface area contributed by atoms with Crippen LogP contribution in [0.3, 0.4) is 0 Å². The predicted octanol–water partition coefficient (Wildman–Crippen LogP) is 1.65. The van der Waals surface area contributed by atoms with Crippen molar-refractivity contribution in [3.8, 4) is 0 Å². The van der Waals surface area contributed by atoms with Gasteiger partial charge in [0.15, 0.2) is 5.65 Å². The zero-order valence-corrected chi connectivity index (χ0v) is 9.72. The van der Waals surface area contributed by atoms with Crippen LogP contribution in [0.5, 0.6) is 0 Å². The molecule has 1 amide bonds. The molecular weight excluding hydrogens is 256 g/mol. The first-order valence-corrected chi connectivity index (χ1v) is 5.45. The normalized spacial score (nSPS) is 11.0. The van der Waals surface area contributed by atoms with Crippen LogP contribution in [0.4, 0.5) is 0 Å². The smallest absolute Gasteiger partial charge is 0.278 e. The highest BCUT2D eigenvalue weighted by molar-refractivity contribution is 6.31. The number of nitrogens with zero attached hydrogens (tertiary/aromatic N) is 3. The molecule has 0 spiro atoms. The molecule has 0 saturated heterocycles. The molecule has 90 valence electrons. The number of aromatic nitrogens is 3. The average molecular weight is 263 g/mol. The van der Waals surface area contributed by atoms with Gasteiger partial charge in [0.1, 0.15) is 6.33 Å². The third kappa shape index (κ3) is 1.51. The number of nitrogens with one attached hydrogen (secondary N) is 1. The number of hydrogen-bond donors (Lipinski definition) is 2. The van der Waals surface area contributed by atoms with Gasteiger partial charge in [-0.25, -0.2) is 5.48 Å². The van der Waals surface area contributed by atoms with Crippen molar-refractivity contribution in [3.63, 3.8) is 0 Å². The van der Waals surface area contributed by atoms with Crippen LogP contribution in [0.2, 0.25) is 5.02 Å². The van der Waals surface area contributed by atoms with Crippen molar-refractivity contribution >= 4 is 34.1 Å². The molecule has 2 heterocycles. The van der Waals surface area contributed by atoms with E-state index >= 15 is 0 Å². The minimum Gasteiger partial charge on any atom is -0.288 e. The molecule has 0 aliphatic heterocycles. The lowest BCUT2D eigenvalue weighted by Crippen LogP contribution is -2.19. The molecule has 0 radical (unpaired) electrons. The highest BCUT2D eigenvalue weighted by Crippen LogP contribution is 2.23. The summed E-state index contributed by atoms with van der Waals surface area (Å²) >= 11 is 5.92. The number of carbonyl (C=O) groups is 1. The number of hydrogen-bond acceptors (Lipinski definition) is 4. The summed E-state index contributed by atoms with van der Waals surface area (Å²) in [7, 11) is 0. The van der Waals surface area contributed by atoms with Gasteiger partial charge in [0.25, 0.3) is 5.91 Å². The Morgan fingerprint density at radius 3 is 3.00 bits per heavy atom. The SMILES string of the molecule is O=C(NO)c1cc2cc(Cl)ccc2n2cnnc12. The Morgan fingerprint density at radius 1 is 1.39 bits per heavy atom. The summed E-state index contributed by atoms with van der Waals surface area (Å²) in [6.45, 7) is 0. The fourth-order valence-corrected chi connectivity index (χ4v) is 2.08. The molecule has 0 fully saturated rings. The van der Waals surface area contributed by atoms with Crippen molar-refractivity contribution in [2.75, 3.05) is 0 Å². The topological polar surface area (TPSA) is 79.5 Å². The monoisotopic (exact) mass is 262 g/mol. The Hall–Kier alpha value is -2.18. The maximum absolute atomic E-state index is 11.6. The fourth-order valence-electron chi connectivity index (χ4n) is 1.90. The van der Waals surface area contributed by atoms with Gasteiger partial charge in [0.2, 0.25) is 0 Å². The number of carbonyl (C=O) groups excluding carboxylic acids is 1. The molecule has 0 unspecified atom stereocenters. The molecule has 0 aliphatic rings. The van der Waals surface area contributed by atoms with Crippen LogP contribution in [-0.4, -0.2) is 25.7 Å². The lowest BCUT2D eigenvalue weighted by molar-refractivity contribution is 0.0708. The molecule has 0 saturated carbocycles. The molecule has 3 aromatic rings. The molecule has 18 heavy (non-hydrogen) atoms. The van der Waals surface area contributed by atoms with E-state index in [1.807, 2.05) is 6.07 Å². The van der Waals surface area contributed by atoms with Crippen LogP contribution in [0.15, 0.2) is 30.6 Å². The average Bonchev–Trinajstić information content (AvgIpc) is 2.85. The predicted molar refractivity (Wildman–Crippen MR) is 64.8 cm³/mol. The molecule has 6 nitrogen and oxygen atoms in total. The van der Waals surface area contributed by atoms with Crippen LogP contribution in [-0.2, 0) is 0 Å². The van der Waals surface area contributed by atoms with Crippen molar-refractivity contribution in [1.82, 2.24) is 20.1 Å². The second-order valence-electron chi connectivity index (χ2n) is 3.73. The van der Waals surface area contributed by atoms with E-state index in [1.165, 1.54) is 6.33 Å². The van der Waals surface area contributed by atoms with Crippen molar-refractivity contribution in [2.24, 2.45) is 0 Å². The maximum Gasteiger partial charge on any atom is 0.278 e. The molecule has 1 aromatic carbocycles. The molecular formula is C11H7ClN4O2. The Labute approximate surface area is 106 Å². The zero-order valence-electron chi connectivity index (χ0n) is 8.96. The van der Waals surface area contributed by atoms with Crippen LogP contribution in [0.1, 0.15) is 10.4 Å². The summed E-state index contributed by atoms with van der Waals surface area (Å²) in [4.78, 5) is 11.6. The van der Waals surface area contributed by atoms with Crippen LogP contribution >= 0.6 is 11.6 Å². The minimum absolute atomic E-state index is 0.227. The second-order valence-corrected chi connectivity index (χ2v) is 4.16. The van der Waals surface area contributed by atoms with Crippen LogP contribution in [0.25, 0.3) is 16.6 Å². The summed E-state index contributed by atoms with van der Waals surface area (Å²) in [6.07, 6.45) is 1.50. The van der Waals surface area contributed by atoms with Crippen molar-refractivity contribution < 1.29 is 10.0 Å². The van der Waals surface area contributed by atoms with Crippen molar-refractivity contribution in [1.29, 1.82) is 0 Å². The van der Waals surface area contributed by atoms with Gasteiger partial charge in [-0.1, -0.05) is 11.6 Å². The van der Waals surface area contributed by atoms with E-state index in [-0.39, 0.29) is 5.56 Å². The summed E-state index contributed by atoms with van der Waals surface area (Å²) in [5, 5.41) is 17.7. The summed E-state index contributed by atoms with van der Waals surface area (Å²) < 4.78 is 1.66. The number of hydroxylamine groups is 1. The first-order chi connectivity index (χ1) is 8.70. The Bertz CT molecular complexity index is 768. The number of benzene rings is 1. The minimum atomic E-state index is -0.644. The van der Waals surface area contributed by atoms with E-state index in [0.29, 0.717) is 10.7 Å². The van der Waals surface area contributed by atoms with Crippen molar-refractivity contribution in [3.05, 3.63) is 41.2 Å². The molecule has 7 heteroatoms. The standard InChI is InChI=1S/C11H7ClN4O2/c12-7-1-2-9-6(3-7)4-8(11(17)15-18)10-14-13-5-16(9)10/h1-5,18H,(H,15,17). The Morgan fingerprint density at radius 2 is 2.22 bits per heavy atom. The van der Waals surface area contributed by atoms with E-state index in [0.717, 1.165) is 10.9 Å². The number of pyridine rings is 1. The van der Waals surface area contributed by atoms with Crippen molar-refractivity contribution in [2.45, 2.75) is 0 Å². The molecule has 2 N–H and O–H groups in total. The Kier molecular flexibility index (Phi) is 2.39. The van der Waals surface area contributed by atoms with E-state index in [4.69, 9.17) is 16.8 Å². The lowest BCUT2D eigenvalue weighted by Gasteiger charge is -2.06. The first-order valence-electron chi connectivity index (χ1n) is 5.07. The summed E-state index contributed by atoms with van der Waals surface area (Å²) in [6, 6.07) is 6.89. The van der Waals surface area contributed by atoms with Gasteiger partial charge in [-0.3, -0.25) is 14.4 Å². The van der Waals surface area contributed by atoms with E-state index in [2.05, 4.69) is 10.2 Å². The lowest BCUT2D eigenvalue weighted by atomic mass is 10.1. The third-order valence-electron chi connectivity index (χ3n) is 2.68. The van der Waals surface area contributed by atoms with Gasteiger partial charge in [-0.05, 0) is 24.3 Å². The summed E-state index contributed by atoms with van der Waals surface area (Å²) in [5.41, 5.74) is 3.02. The molecule has 0 atom stereocenters. The van der Waals surface area contributed by atoms with Gasteiger partial charge in [-0.2, -0.15) is 0 Å². The number of halogens is 1. The van der Waals surface area contributed by atoms with Crippen LogP contribution in [0, 0.1) is 0 Å².